The molecule has 106 valence electrons. The van der Waals surface area contributed by atoms with Crippen LogP contribution in [-0.4, -0.2) is 47.1 Å². The second kappa shape index (κ2) is 4.39. The minimum Gasteiger partial charge on any atom is -0.377 e. The van der Waals surface area contributed by atoms with Gasteiger partial charge in [-0.3, -0.25) is 4.79 Å². The van der Waals surface area contributed by atoms with Crippen molar-refractivity contribution in [3.8, 4) is 0 Å². The molecule has 0 aromatic heterocycles. The fraction of sp³-hybridized carbons (Fsp3) is 0.933. The van der Waals surface area contributed by atoms with E-state index >= 15 is 0 Å². The van der Waals surface area contributed by atoms with Crippen LogP contribution in [0.3, 0.4) is 0 Å². The summed E-state index contributed by atoms with van der Waals surface area (Å²) in [5.74, 6) is 3.40. The van der Waals surface area contributed by atoms with Crippen LogP contribution < -0.4 is 0 Å². The number of amides is 1. The van der Waals surface area contributed by atoms with Crippen LogP contribution in [0.15, 0.2) is 0 Å². The molecule has 0 unspecified atom stereocenters. The molecule has 2 aliphatic carbocycles. The van der Waals surface area contributed by atoms with E-state index in [0.717, 1.165) is 44.2 Å². The molecule has 2 saturated heterocycles. The largest absolute Gasteiger partial charge is 0.377 e. The molecule has 0 aromatic rings. The number of hydrogen-bond acceptors (Lipinski definition) is 3. The van der Waals surface area contributed by atoms with Crippen LogP contribution >= 0.6 is 11.8 Å². The first-order valence-corrected chi connectivity index (χ1v) is 8.68. The van der Waals surface area contributed by atoms with Gasteiger partial charge in [-0.1, -0.05) is 6.92 Å². The van der Waals surface area contributed by atoms with Crippen LogP contribution in [0.1, 0.15) is 32.6 Å². The number of carbonyl (C=O) groups is 1. The normalized spacial score (nSPS) is 39.4. The summed E-state index contributed by atoms with van der Waals surface area (Å²) in [5, 5.41) is 0. The summed E-state index contributed by atoms with van der Waals surface area (Å²) in [6, 6.07) is 0. The van der Waals surface area contributed by atoms with Gasteiger partial charge in [-0.15, -0.1) is 11.8 Å². The Morgan fingerprint density at radius 2 is 2.16 bits per heavy atom. The van der Waals surface area contributed by atoms with Gasteiger partial charge in [-0.2, -0.15) is 0 Å². The van der Waals surface area contributed by atoms with E-state index in [1.165, 1.54) is 12.8 Å². The maximum atomic E-state index is 12.1. The number of ether oxygens (including phenoxy) is 1. The molecule has 2 saturated carbocycles. The molecule has 2 aliphatic heterocycles. The van der Waals surface area contributed by atoms with Gasteiger partial charge < -0.3 is 9.64 Å². The van der Waals surface area contributed by atoms with E-state index in [0.29, 0.717) is 28.6 Å². The van der Waals surface area contributed by atoms with Crippen molar-refractivity contribution in [2.24, 2.45) is 17.8 Å². The Morgan fingerprint density at radius 3 is 2.79 bits per heavy atom. The summed E-state index contributed by atoms with van der Waals surface area (Å²) in [6.07, 6.45) is 5.46. The predicted molar refractivity (Wildman–Crippen MR) is 76.1 cm³/mol. The molecule has 3 nitrogen and oxygen atoms in total. The topological polar surface area (TPSA) is 29.5 Å². The highest BCUT2D eigenvalue weighted by molar-refractivity contribution is 8.01. The van der Waals surface area contributed by atoms with Crippen molar-refractivity contribution in [2.75, 3.05) is 25.4 Å². The van der Waals surface area contributed by atoms with Gasteiger partial charge in [-0.25, -0.2) is 0 Å². The van der Waals surface area contributed by atoms with E-state index in [2.05, 4.69) is 11.8 Å². The molecular formula is C15H23NO2S. The first-order chi connectivity index (χ1) is 9.15. The van der Waals surface area contributed by atoms with Gasteiger partial charge in [0.25, 0.3) is 0 Å². The highest BCUT2D eigenvalue weighted by Gasteiger charge is 2.53. The predicted octanol–water partition coefficient (Wildman–Crippen LogP) is 2.16. The third kappa shape index (κ3) is 2.42. The molecule has 2 heterocycles. The summed E-state index contributed by atoms with van der Waals surface area (Å²) in [4.78, 5) is 14.2. The Morgan fingerprint density at radius 1 is 1.42 bits per heavy atom. The molecule has 3 atom stereocenters. The summed E-state index contributed by atoms with van der Waals surface area (Å²) in [5.41, 5.74) is 0. The van der Waals surface area contributed by atoms with Crippen LogP contribution in [0.5, 0.6) is 0 Å². The average molecular weight is 281 g/mol. The average Bonchev–Trinajstić information content (AvgIpc) is 3.25. The van der Waals surface area contributed by atoms with Gasteiger partial charge >= 0.3 is 0 Å². The Bertz CT molecular complexity index is 390. The van der Waals surface area contributed by atoms with Crippen LogP contribution in [-0.2, 0) is 9.53 Å². The Labute approximate surface area is 119 Å². The molecule has 0 N–H and O–H groups in total. The van der Waals surface area contributed by atoms with Crippen molar-refractivity contribution >= 4 is 17.7 Å². The Kier molecular flexibility index (Phi) is 2.89. The molecule has 19 heavy (non-hydrogen) atoms. The van der Waals surface area contributed by atoms with Crippen LogP contribution in [0, 0.1) is 17.8 Å². The van der Waals surface area contributed by atoms with Gasteiger partial charge in [-0.05, 0) is 37.5 Å². The lowest BCUT2D eigenvalue weighted by Crippen LogP contribution is -2.61. The van der Waals surface area contributed by atoms with E-state index < -0.39 is 0 Å². The summed E-state index contributed by atoms with van der Waals surface area (Å²) in [6.45, 7) is 5.11. The molecule has 0 aromatic carbocycles. The zero-order valence-electron chi connectivity index (χ0n) is 11.6. The third-order valence-corrected chi connectivity index (χ3v) is 6.71. The van der Waals surface area contributed by atoms with Crippen LogP contribution in [0.25, 0.3) is 0 Å². The molecule has 1 amide bonds. The van der Waals surface area contributed by atoms with Crippen molar-refractivity contribution in [2.45, 2.75) is 43.5 Å². The SMILES string of the molecule is C[C@@H]1C[C@H]1C(=O)N1CC2(C[C@H](OCC3CC3)CS2)C1. The maximum Gasteiger partial charge on any atom is 0.226 e. The second-order valence-corrected chi connectivity index (χ2v) is 8.60. The molecule has 4 rings (SSSR count). The lowest BCUT2D eigenvalue weighted by molar-refractivity contribution is -0.138. The fourth-order valence-electron chi connectivity index (χ4n) is 3.39. The van der Waals surface area contributed by atoms with Crippen LogP contribution in [0.2, 0.25) is 0 Å². The number of rotatable bonds is 4. The van der Waals surface area contributed by atoms with E-state index in [9.17, 15) is 4.79 Å². The highest BCUT2D eigenvalue weighted by atomic mass is 32.2. The zero-order valence-corrected chi connectivity index (χ0v) is 12.5. The molecule has 4 heteroatoms. The summed E-state index contributed by atoms with van der Waals surface area (Å²) in [7, 11) is 0. The Hall–Kier alpha value is -0.220. The standard InChI is InChI=1S/C15H23NO2S/c1-10-4-13(10)14(17)16-8-15(9-16)5-12(7-19-15)18-6-11-2-3-11/h10-13H,2-9H2,1H3/t10-,12+,13-/m1/s1. The Balaban J connectivity index is 1.24. The number of thioether (sulfide) groups is 1. The second-order valence-electron chi connectivity index (χ2n) is 7.11. The minimum absolute atomic E-state index is 0.349. The number of hydrogen-bond donors (Lipinski definition) is 0. The van der Waals surface area contributed by atoms with Gasteiger partial charge in [0.1, 0.15) is 0 Å². The number of nitrogens with zero attached hydrogens (tertiary/aromatic N) is 1. The van der Waals surface area contributed by atoms with E-state index in [1.54, 1.807) is 0 Å². The van der Waals surface area contributed by atoms with Gasteiger partial charge in [0.05, 0.1) is 10.9 Å². The van der Waals surface area contributed by atoms with Crippen molar-refractivity contribution in [3.05, 3.63) is 0 Å². The van der Waals surface area contributed by atoms with E-state index in [-0.39, 0.29) is 0 Å². The quantitative estimate of drug-likeness (QED) is 0.791. The van der Waals surface area contributed by atoms with Crippen molar-refractivity contribution in [1.82, 2.24) is 4.90 Å². The molecule has 4 aliphatic rings. The first-order valence-electron chi connectivity index (χ1n) is 7.70. The first kappa shape index (κ1) is 12.5. The van der Waals surface area contributed by atoms with Crippen molar-refractivity contribution in [3.63, 3.8) is 0 Å². The molecule has 0 bridgehead atoms. The minimum atomic E-state index is 0.349. The summed E-state index contributed by atoms with van der Waals surface area (Å²) >= 11 is 2.05. The number of likely N-dealkylation sites (tertiary alicyclic amines) is 1. The third-order valence-electron chi connectivity index (χ3n) is 5.14. The zero-order chi connectivity index (χ0) is 13.0. The van der Waals surface area contributed by atoms with Crippen molar-refractivity contribution < 1.29 is 9.53 Å². The summed E-state index contributed by atoms with van der Waals surface area (Å²) < 4.78 is 6.36. The van der Waals surface area contributed by atoms with Gasteiger partial charge in [0, 0.05) is 31.4 Å². The number of carbonyl (C=O) groups excluding carboxylic acids is 1. The molecule has 4 fully saturated rings. The monoisotopic (exact) mass is 281 g/mol. The van der Waals surface area contributed by atoms with Gasteiger partial charge in [0.2, 0.25) is 5.91 Å². The van der Waals surface area contributed by atoms with Crippen LogP contribution in [0.4, 0.5) is 0 Å². The van der Waals surface area contributed by atoms with E-state index in [4.69, 9.17) is 4.74 Å². The smallest absolute Gasteiger partial charge is 0.226 e. The molecule has 0 radical (unpaired) electrons. The van der Waals surface area contributed by atoms with Gasteiger partial charge in [0.15, 0.2) is 0 Å². The molecule has 1 spiro atoms. The van der Waals surface area contributed by atoms with Crippen molar-refractivity contribution in [1.29, 1.82) is 0 Å². The van der Waals surface area contributed by atoms with E-state index in [1.807, 2.05) is 11.8 Å². The lowest BCUT2D eigenvalue weighted by atomic mass is 9.92. The fourth-order valence-corrected chi connectivity index (χ4v) is 4.94. The highest BCUT2D eigenvalue weighted by Crippen LogP contribution is 2.49. The maximum absolute atomic E-state index is 12.1. The lowest BCUT2D eigenvalue weighted by Gasteiger charge is -2.47. The molecular weight excluding hydrogens is 258 g/mol.